The molecule has 5 rings (SSSR count). The monoisotopic (exact) mass is 369 g/mol. The Labute approximate surface area is 161 Å². The van der Waals surface area contributed by atoms with Crippen LogP contribution in [0.3, 0.4) is 0 Å². The zero-order chi connectivity index (χ0) is 18.1. The summed E-state index contributed by atoms with van der Waals surface area (Å²) in [6.45, 7) is 7.83. The van der Waals surface area contributed by atoms with Gasteiger partial charge in [0.25, 0.3) is 0 Å². The van der Waals surface area contributed by atoms with Gasteiger partial charge in [0.2, 0.25) is 0 Å². The number of piperidine rings is 1. The van der Waals surface area contributed by atoms with Gasteiger partial charge in [-0.3, -0.25) is 0 Å². The number of ether oxygens (including phenoxy) is 1. The molecule has 0 unspecified atom stereocenters. The molecule has 27 heavy (non-hydrogen) atoms. The maximum Gasteiger partial charge on any atom is 0.155 e. The number of hydrogen-bond donors (Lipinski definition) is 0. The molecular weight excluding hydrogens is 338 g/mol. The molecular formula is C21H31N5O. The van der Waals surface area contributed by atoms with Crippen molar-refractivity contribution >= 4 is 11.3 Å². The Morgan fingerprint density at radius 1 is 0.963 bits per heavy atom. The second-order valence-electron chi connectivity index (χ2n) is 8.48. The Kier molecular flexibility index (Phi) is 5.01. The van der Waals surface area contributed by atoms with Crippen LogP contribution in [0.4, 0.5) is 5.69 Å². The van der Waals surface area contributed by atoms with Crippen LogP contribution in [0.2, 0.25) is 0 Å². The molecule has 0 radical (unpaired) electrons. The fourth-order valence-corrected chi connectivity index (χ4v) is 4.89. The van der Waals surface area contributed by atoms with E-state index in [4.69, 9.17) is 14.8 Å². The van der Waals surface area contributed by atoms with Gasteiger partial charge in [-0.15, -0.1) is 0 Å². The van der Waals surface area contributed by atoms with Gasteiger partial charge in [-0.1, -0.05) is 0 Å². The topological polar surface area (TPSA) is 45.9 Å². The first-order valence-corrected chi connectivity index (χ1v) is 10.8. The number of aromatic nitrogens is 3. The van der Waals surface area contributed by atoms with Gasteiger partial charge in [-0.25, -0.2) is 9.50 Å². The van der Waals surface area contributed by atoms with Crippen molar-refractivity contribution in [1.29, 1.82) is 0 Å². The largest absolute Gasteiger partial charge is 0.381 e. The summed E-state index contributed by atoms with van der Waals surface area (Å²) >= 11 is 0. The smallest absolute Gasteiger partial charge is 0.155 e. The number of likely N-dealkylation sites (tertiary alicyclic amines) is 1. The second-order valence-corrected chi connectivity index (χ2v) is 8.48. The highest BCUT2D eigenvalue weighted by molar-refractivity contribution is 5.51. The summed E-state index contributed by atoms with van der Waals surface area (Å²) in [6.07, 6.45) is 9.58. The molecule has 2 aromatic heterocycles. The molecule has 3 aliphatic rings. The van der Waals surface area contributed by atoms with Crippen molar-refractivity contribution in [3.8, 4) is 0 Å². The van der Waals surface area contributed by atoms with E-state index < -0.39 is 0 Å². The van der Waals surface area contributed by atoms with Crippen molar-refractivity contribution in [2.45, 2.75) is 44.4 Å². The average Bonchev–Trinajstić information content (AvgIpc) is 3.39. The number of anilines is 1. The van der Waals surface area contributed by atoms with Gasteiger partial charge in [-0.2, -0.15) is 5.10 Å². The van der Waals surface area contributed by atoms with E-state index in [1.807, 2.05) is 4.52 Å². The maximum atomic E-state index is 5.49. The number of pyridine rings is 1. The van der Waals surface area contributed by atoms with Crippen molar-refractivity contribution in [2.75, 3.05) is 50.8 Å². The first-order valence-electron chi connectivity index (χ1n) is 10.8. The highest BCUT2D eigenvalue weighted by atomic mass is 16.5. The lowest BCUT2D eigenvalue weighted by molar-refractivity contribution is 0.0486. The number of rotatable bonds is 4. The van der Waals surface area contributed by atoms with Gasteiger partial charge in [0, 0.05) is 38.8 Å². The molecule has 0 aromatic carbocycles. The lowest BCUT2D eigenvalue weighted by Crippen LogP contribution is -2.38. The molecule has 0 spiro atoms. The standard InChI is InChI=1S/C21H31N5O/c1-2-10-25(9-1)19-3-4-20-22-21(23-26(20)16-19)18-5-11-24(12-6-18)15-17-7-13-27-14-8-17/h3-4,16-18H,1-2,5-15H2. The van der Waals surface area contributed by atoms with Crippen LogP contribution in [-0.2, 0) is 4.74 Å². The van der Waals surface area contributed by atoms with Crippen LogP contribution >= 0.6 is 0 Å². The van der Waals surface area contributed by atoms with Crippen LogP contribution in [0.25, 0.3) is 5.65 Å². The Bertz CT molecular complexity index is 755. The van der Waals surface area contributed by atoms with Crippen LogP contribution in [-0.4, -0.2) is 65.4 Å². The minimum atomic E-state index is 0.506. The van der Waals surface area contributed by atoms with E-state index in [0.29, 0.717) is 5.92 Å². The predicted octanol–water partition coefficient (Wildman–Crippen LogP) is 2.94. The van der Waals surface area contributed by atoms with Crippen molar-refractivity contribution in [1.82, 2.24) is 19.5 Å². The van der Waals surface area contributed by atoms with Crippen molar-refractivity contribution in [3.63, 3.8) is 0 Å². The van der Waals surface area contributed by atoms with Gasteiger partial charge < -0.3 is 14.5 Å². The Morgan fingerprint density at radius 2 is 1.74 bits per heavy atom. The summed E-state index contributed by atoms with van der Waals surface area (Å²) in [5.41, 5.74) is 2.26. The van der Waals surface area contributed by atoms with Crippen molar-refractivity contribution < 1.29 is 4.74 Å². The van der Waals surface area contributed by atoms with E-state index in [1.54, 1.807) is 0 Å². The quantitative estimate of drug-likeness (QED) is 0.829. The van der Waals surface area contributed by atoms with E-state index >= 15 is 0 Å². The zero-order valence-corrected chi connectivity index (χ0v) is 16.2. The molecule has 0 atom stereocenters. The summed E-state index contributed by atoms with van der Waals surface area (Å²) in [5.74, 6) is 2.37. The molecule has 0 N–H and O–H groups in total. The fourth-order valence-electron chi connectivity index (χ4n) is 4.89. The third-order valence-corrected chi connectivity index (χ3v) is 6.61. The Hall–Kier alpha value is -1.66. The molecule has 6 nitrogen and oxygen atoms in total. The summed E-state index contributed by atoms with van der Waals surface area (Å²) in [7, 11) is 0. The van der Waals surface area contributed by atoms with Gasteiger partial charge >= 0.3 is 0 Å². The van der Waals surface area contributed by atoms with E-state index in [0.717, 1.165) is 30.6 Å². The van der Waals surface area contributed by atoms with E-state index in [9.17, 15) is 0 Å². The lowest BCUT2D eigenvalue weighted by atomic mass is 9.93. The second kappa shape index (κ2) is 7.76. The molecule has 0 amide bonds. The third kappa shape index (κ3) is 3.83. The summed E-state index contributed by atoms with van der Waals surface area (Å²) < 4.78 is 7.49. The third-order valence-electron chi connectivity index (χ3n) is 6.61. The van der Waals surface area contributed by atoms with Gasteiger partial charge in [0.05, 0.1) is 11.9 Å². The number of fused-ring (bicyclic) bond motifs is 1. The number of nitrogens with zero attached hydrogens (tertiary/aromatic N) is 5. The van der Waals surface area contributed by atoms with Gasteiger partial charge in [0.1, 0.15) is 0 Å². The average molecular weight is 370 g/mol. The first-order chi connectivity index (χ1) is 13.3. The summed E-state index contributed by atoms with van der Waals surface area (Å²) in [5, 5.41) is 4.85. The highest BCUT2D eigenvalue weighted by Gasteiger charge is 2.26. The van der Waals surface area contributed by atoms with Gasteiger partial charge in [0.15, 0.2) is 11.5 Å². The van der Waals surface area contributed by atoms with Crippen LogP contribution in [0.5, 0.6) is 0 Å². The minimum absolute atomic E-state index is 0.506. The zero-order valence-electron chi connectivity index (χ0n) is 16.2. The predicted molar refractivity (Wildman–Crippen MR) is 106 cm³/mol. The van der Waals surface area contributed by atoms with Gasteiger partial charge in [-0.05, 0) is 69.7 Å². The number of hydrogen-bond acceptors (Lipinski definition) is 5. The Morgan fingerprint density at radius 3 is 2.52 bits per heavy atom. The SMILES string of the molecule is c1cc2nc(C3CCN(CC4CCOCC4)CC3)nn2cc1N1CCCC1. The minimum Gasteiger partial charge on any atom is -0.381 e. The summed E-state index contributed by atoms with van der Waals surface area (Å²) in [4.78, 5) is 9.94. The molecule has 6 heteroatoms. The normalized spacial score (nSPS) is 23.5. The highest BCUT2D eigenvalue weighted by Crippen LogP contribution is 2.28. The maximum absolute atomic E-state index is 5.49. The van der Waals surface area contributed by atoms with Crippen LogP contribution in [0, 0.1) is 5.92 Å². The first kappa shape index (κ1) is 17.4. The van der Waals surface area contributed by atoms with Crippen molar-refractivity contribution in [2.24, 2.45) is 5.92 Å². The molecule has 5 heterocycles. The van der Waals surface area contributed by atoms with E-state index in [2.05, 4.69) is 28.1 Å². The molecule has 3 aliphatic heterocycles. The molecule has 0 saturated carbocycles. The van der Waals surface area contributed by atoms with Crippen LogP contribution in [0.1, 0.15) is 50.3 Å². The lowest BCUT2D eigenvalue weighted by Gasteiger charge is -2.34. The van der Waals surface area contributed by atoms with E-state index in [-0.39, 0.29) is 0 Å². The molecule has 3 saturated heterocycles. The van der Waals surface area contributed by atoms with Crippen LogP contribution in [0.15, 0.2) is 18.3 Å². The molecule has 0 bridgehead atoms. The van der Waals surface area contributed by atoms with Crippen molar-refractivity contribution in [3.05, 3.63) is 24.2 Å². The molecule has 146 valence electrons. The fraction of sp³-hybridized carbons (Fsp3) is 0.714. The molecule has 0 aliphatic carbocycles. The molecule has 2 aromatic rings. The molecule has 3 fully saturated rings. The van der Waals surface area contributed by atoms with Crippen LogP contribution < -0.4 is 4.90 Å². The summed E-state index contributed by atoms with van der Waals surface area (Å²) in [6, 6.07) is 4.33. The Balaban J connectivity index is 1.22. The van der Waals surface area contributed by atoms with E-state index in [1.165, 1.54) is 76.9 Å².